The lowest BCUT2D eigenvalue weighted by molar-refractivity contribution is -0.135. The summed E-state index contributed by atoms with van der Waals surface area (Å²) in [6.07, 6.45) is 6.13. The minimum absolute atomic E-state index is 0.0285. The summed E-state index contributed by atoms with van der Waals surface area (Å²) >= 11 is 0. The van der Waals surface area contributed by atoms with E-state index in [0.29, 0.717) is 5.56 Å². The van der Waals surface area contributed by atoms with Crippen molar-refractivity contribution in [3.63, 3.8) is 0 Å². The monoisotopic (exact) mass is 486 g/mol. The molecule has 3 heterocycles. The van der Waals surface area contributed by atoms with Gasteiger partial charge in [-0.1, -0.05) is 12.1 Å². The van der Waals surface area contributed by atoms with Crippen molar-refractivity contribution in [2.45, 2.75) is 68.2 Å². The van der Waals surface area contributed by atoms with Gasteiger partial charge in [-0.2, -0.15) is 0 Å². The van der Waals surface area contributed by atoms with Gasteiger partial charge in [-0.15, -0.1) is 0 Å². The van der Waals surface area contributed by atoms with Crippen molar-refractivity contribution >= 4 is 27.5 Å². The number of nitrogens with one attached hydrogen (secondary N) is 1. The molecule has 2 amide bonds. The summed E-state index contributed by atoms with van der Waals surface area (Å²) in [6.45, 7) is 3.27. The molecule has 3 N–H and O–H groups in total. The van der Waals surface area contributed by atoms with E-state index in [1.54, 1.807) is 38.1 Å². The molecule has 1 aromatic heterocycles. The number of fused-ring (bicyclic) bond motifs is 2. The first-order valence-corrected chi connectivity index (χ1v) is 13.2. The van der Waals surface area contributed by atoms with Crippen molar-refractivity contribution in [3.8, 4) is 5.75 Å². The zero-order valence-corrected chi connectivity index (χ0v) is 20.3. The second kappa shape index (κ2) is 8.90. The molecule has 2 aliphatic heterocycles. The lowest BCUT2D eigenvalue weighted by Crippen LogP contribution is -2.55. The molecule has 182 valence electrons. The molecule has 0 aliphatic carbocycles. The molecule has 0 saturated carbocycles. The van der Waals surface area contributed by atoms with E-state index in [1.165, 1.54) is 12.3 Å². The van der Waals surface area contributed by atoms with Gasteiger partial charge in [0, 0.05) is 30.6 Å². The van der Waals surface area contributed by atoms with E-state index in [4.69, 9.17) is 10.5 Å². The molecule has 9 nitrogen and oxygen atoms in total. The predicted molar refractivity (Wildman–Crippen MR) is 127 cm³/mol. The average Bonchev–Trinajstić information content (AvgIpc) is 3.03. The molecule has 0 radical (unpaired) electrons. The first kappa shape index (κ1) is 24.0. The van der Waals surface area contributed by atoms with Crippen molar-refractivity contribution < 1.29 is 22.7 Å². The molecule has 2 saturated heterocycles. The third-order valence-corrected chi connectivity index (χ3v) is 7.66. The van der Waals surface area contributed by atoms with Crippen LogP contribution in [0.4, 0.5) is 5.82 Å². The number of hydrogen-bond donors (Lipinski definition) is 2. The molecular formula is C24H30N4O5S. The van der Waals surface area contributed by atoms with Crippen LogP contribution in [0.15, 0.2) is 47.5 Å². The first-order valence-electron chi connectivity index (χ1n) is 11.3. The van der Waals surface area contributed by atoms with E-state index in [-0.39, 0.29) is 34.7 Å². The molecule has 3 atom stereocenters. The minimum atomic E-state index is -3.50. The Bertz CT molecular complexity index is 1180. The van der Waals surface area contributed by atoms with Crippen LogP contribution in [-0.2, 0) is 14.6 Å². The highest BCUT2D eigenvalue weighted by Gasteiger charge is 2.43. The van der Waals surface area contributed by atoms with Crippen LogP contribution < -0.4 is 20.7 Å². The quantitative estimate of drug-likeness (QED) is 0.612. The molecule has 2 bridgehead atoms. The lowest BCUT2D eigenvalue weighted by Gasteiger charge is -2.40. The molecular weight excluding hydrogens is 456 g/mol. The SMILES string of the molecule is CC(C)(Oc1ccccc1S(C)(=O)=O)C(=O)N[C@H]1C[C@H]2CC[C@@H](C1)N2c1ccc(C(N)=O)cn1. The smallest absolute Gasteiger partial charge is 0.263 e. The standard InChI is InChI=1S/C24H30N4O5S/c1-24(2,33-19-6-4-5-7-20(19)34(3,31)32)23(30)27-16-12-17-9-10-18(13-16)28(17)21-11-8-15(14-26-21)22(25)29/h4-8,11,14,16-18H,9-10,12-13H2,1-3H3,(H2,25,29)(H,27,30)/t16-,17+,18-. The predicted octanol–water partition coefficient (Wildman–Crippen LogP) is 2.06. The van der Waals surface area contributed by atoms with E-state index < -0.39 is 21.3 Å². The number of anilines is 1. The second-order valence-electron chi connectivity index (χ2n) is 9.53. The van der Waals surface area contributed by atoms with Crippen LogP contribution in [0.25, 0.3) is 0 Å². The van der Waals surface area contributed by atoms with Crippen LogP contribution in [0.3, 0.4) is 0 Å². The maximum atomic E-state index is 13.1. The van der Waals surface area contributed by atoms with Crippen LogP contribution in [-0.4, -0.2) is 55.2 Å². The summed E-state index contributed by atoms with van der Waals surface area (Å²) < 4.78 is 30.1. The molecule has 4 rings (SSSR count). The highest BCUT2D eigenvalue weighted by atomic mass is 32.2. The largest absolute Gasteiger partial charge is 0.477 e. The molecule has 0 spiro atoms. The van der Waals surface area contributed by atoms with E-state index in [2.05, 4.69) is 15.2 Å². The van der Waals surface area contributed by atoms with Crippen molar-refractivity contribution in [2.24, 2.45) is 5.73 Å². The van der Waals surface area contributed by atoms with E-state index in [9.17, 15) is 18.0 Å². The summed E-state index contributed by atoms with van der Waals surface area (Å²) in [7, 11) is -3.50. The molecule has 2 aromatic rings. The van der Waals surface area contributed by atoms with E-state index in [1.807, 2.05) is 6.07 Å². The number of carbonyl (C=O) groups is 2. The fourth-order valence-electron chi connectivity index (χ4n) is 4.87. The number of primary amides is 1. The van der Waals surface area contributed by atoms with E-state index >= 15 is 0 Å². The number of para-hydroxylation sites is 1. The Labute approximate surface area is 199 Å². The number of benzene rings is 1. The van der Waals surface area contributed by atoms with Gasteiger partial charge in [0.1, 0.15) is 16.5 Å². The lowest BCUT2D eigenvalue weighted by atomic mass is 9.96. The van der Waals surface area contributed by atoms with Crippen LogP contribution >= 0.6 is 0 Å². The molecule has 34 heavy (non-hydrogen) atoms. The Morgan fingerprint density at radius 3 is 2.32 bits per heavy atom. The van der Waals surface area contributed by atoms with Gasteiger partial charge in [-0.25, -0.2) is 13.4 Å². The van der Waals surface area contributed by atoms with Gasteiger partial charge in [-0.3, -0.25) is 9.59 Å². The molecule has 10 heteroatoms. The number of amides is 2. The summed E-state index contributed by atoms with van der Waals surface area (Å²) in [5.74, 6) is 0.166. The Kier molecular flexibility index (Phi) is 6.28. The third-order valence-electron chi connectivity index (χ3n) is 6.53. The number of sulfone groups is 1. The van der Waals surface area contributed by atoms with Crippen molar-refractivity contribution in [3.05, 3.63) is 48.2 Å². The Balaban J connectivity index is 1.43. The Morgan fingerprint density at radius 2 is 1.76 bits per heavy atom. The highest BCUT2D eigenvalue weighted by Crippen LogP contribution is 2.39. The number of carbonyl (C=O) groups excluding carboxylic acids is 2. The maximum Gasteiger partial charge on any atom is 0.263 e. The number of hydrogen-bond acceptors (Lipinski definition) is 7. The zero-order valence-electron chi connectivity index (χ0n) is 19.5. The van der Waals surface area contributed by atoms with Gasteiger partial charge in [0.2, 0.25) is 5.91 Å². The minimum Gasteiger partial charge on any atom is -0.477 e. The molecule has 1 aromatic carbocycles. The number of aromatic nitrogens is 1. The summed E-state index contributed by atoms with van der Waals surface area (Å²) in [5, 5.41) is 3.11. The van der Waals surface area contributed by atoms with Crippen molar-refractivity contribution in [1.82, 2.24) is 10.3 Å². The maximum absolute atomic E-state index is 13.1. The summed E-state index contributed by atoms with van der Waals surface area (Å²) in [6, 6.07) is 10.3. The van der Waals surface area contributed by atoms with Crippen LogP contribution in [0.1, 0.15) is 49.9 Å². The van der Waals surface area contributed by atoms with Crippen LogP contribution in [0, 0.1) is 0 Å². The summed E-state index contributed by atoms with van der Waals surface area (Å²) in [4.78, 5) is 31.2. The number of nitrogens with two attached hydrogens (primary N) is 1. The number of ether oxygens (including phenoxy) is 1. The fraction of sp³-hybridized carbons (Fsp3) is 0.458. The third kappa shape index (κ3) is 4.86. The first-order chi connectivity index (χ1) is 16.0. The Morgan fingerprint density at radius 1 is 1.12 bits per heavy atom. The number of pyridine rings is 1. The second-order valence-corrected chi connectivity index (χ2v) is 11.5. The van der Waals surface area contributed by atoms with Gasteiger partial charge < -0.3 is 20.7 Å². The normalized spacial score (nSPS) is 22.3. The highest BCUT2D eigenvalue weighted by molar-refractivity contribution is 7.90. The van der Waals surface area contributed by atoms with Gasteiger partial charge in [-0.05, 0) is 63.8 Å². The van der Waals surface area contributed by atoms with Crippen molar-refractivity contribution in [1.29, 1.82) is 0 Å². The molecule has 0 unspecified atom stereocenters. The van der Waals surface area contributed by atoms with Crippen molar-refractivity contribution in [2.75, 3.05) is 11.2 Å². The zero-order chi connectivity index (χ0) is 24.7. The fourth-order valence-corrected chi connectivity index (χ4v) is 5.68. The van der Waals surface area contributed by atoms with E-state index in [0.717, 1.165) is 37.8 Å². The van der Waals surface area contributed by atoms with Crippen LogP contribution in [0.2, 0.25) is 0 Å². The Hall–Kier alpha value is -3.14. The van der Waals surface area contributed by atoms with Crippen LogP contribution in [0.5, 0.6) is 5.75 Å². The topological polar surface area (TPSA) is 132 Å². The number of rotatable bonds is 7. The summed E-state index contributed by atoms with van der Waals surface area (Å²) in [5.41, 5.74) is 4.43. The average molecular weight is 487 g/mol. The van der Waals surface area contributed by atoms with Gasteiger partial charge in [0.05, 0.1) is 5.56 Å². The number of nitrogens with zero attached hydrogens (tertiary/aromatic N) is 2. The molecule has 2 aliphatic rings. The van der Waals surface area contributed by atoms with Gasteiger partial charge >= 0.3 is 0 Å². The number of piperidine rings is 1. The van der Waals surface area contributed by atoms with Gasteiger partial charge in [0.15, 0.2) is 15.4 Å². The van der Waals surface area contributed by atoms with Gasteiger partial charge in [0.25, 0.3) is 5.91 Å². The molecule has 2 fully saturated rings.